The van der Waals surface area contributed by atoms with Crippen molar-refractivity contribution in [3.8, 4) is 0 Å². The van der Waals surface area contributed by atoms with E-state index in [1.54, 1.807) is 24.3 Å². The molecule has 0 spiro atoms. The van der Waals surface area contributed by atoms with E-state index in [-0.39, 0.29) is 0 Å². The largest absolute Gasteiger partial charge is 0.380 e. The van der Waals surface area contributed by atoms with E-state index in [4.69, 9.17) is 0 Å². The zero-order valence-corrected chi connectivity index (χ0v) is 15.9. The Kier molecular flexibility index (Phi) is 5.43. The van der Waals surface area contributed by atoms with Crippen molar-refractivity contribution in [3.63, 3.8) is 0 Å². The Morgan fingerprint density at radius 3 is 1.37 bits per heavy atom. The predicted octanol–water partition coefficient (Wildman–Crippen LogP) is 3.29. The van der Waals surface area contributed by atoms with Crippen molar-refractivity contribution in [2.45, 2.75) is 12.2 Å². The molecule has 30 heavy (non-hydrogen) atoms. The molecule has 0 saturated carbocycles. The summed E-state index contributed by atoms with van der Waals surface area (Å²) < 4.78 is 0. The van der Waals surface area contributed by atoms with E-state index < -0.39 is 24.0 Å². The zero-order valence-electron chi connectivity index (χ0n) is 15.9. The lowest BCUT2D eigenvalue weighted by molar-refractivity contribution is -0.139. The number of hydrogen-bond acceptors (Lipinski definition) is 4. The standard InChI is InChI=1S/C24H20N2O4/c27-21(23(29)25-19-13-5-9-15-7-1-3-11-17(15)19)22(28)24(30)26-20-14-6-10-16-8-2-4-12-18(16)20/h1-14,21-22,27-28H,(H,25,29)(H,26,30)/t21-,22+. The van der Waals surface area contributed by atoms with Gasteiger partial charge in [-0.2, -0.15) is 0 Å². The third-order valence-electron chi connectivity index (χ3n) is 4.93. The molecule has 4 N–H and O–H groups in total. The van der Waals surface area contributed by atoms with Gasteiger partial charge in [0.2, 0.25) is 0 Å². The smallest absolute Gasteiger partial charge is 0.256 e. The fourth-order valence-corrected chi connectivity index (χ4v) is 3.37. The van der Waals surface area contributed by atoms with E-state index in [9.17, 15) is 19.8 Å². The highest BCUT2D eigenvalue weighted by Gasteiger charge is 2.31. The molecule has 2 atom stereocenters. The minimum Gasteiger partial charge on any atom is -0.380 e. The van der Waals surface area contributed by atoms with Gasteiger partial charge < -0.3 is 20.8 Å². The molecule has 0 heterocycles. The van der Waals surface area contributed by atoms with E-state index in [0.29, 0.717) is 11.4 Å². The molecule has 0 saturated heterocycles. The van der Waals surface area contributed by atoms with Crippen LogP contribution in [-0.4, -0.2) is 34.2 Å². The van der Waals surface area contributed by atoms with Gasteiger partial charge in [0.25, 0.3) is 11.8 Å². The van der Waals surface area contributed by atoms with Gasteiger partial charge in [-0.1, -0.05) is 72.8 Å². The number of carbonyl (C=O) groups is 2. The third kappa shape index (κ3) is 3.87. The topological polar surface area (TPSA) is 98.7 Å². The SMILES string of the molecule is O=C(Nc1cccc2ccccc12)[C@@H](O)[C@@H](O)C(=O)Nc1cccc2ccccc12. The number of anilines is 2. The molecule has 2 amide bonds. The van der Waals surface area contributed by atoms with Crippen LogP contribution >= 0.6 is 0 Å². The lowest BCUT2D eigenvalue weighted by atomic mass is 10.1. The van der Waals surface area contributed by atoms with Gasteiger partial charge in [-0.15, -0.1) is 0 Å². The molecular weight excluding hydrogens is 380 g/mol. The van der Waals surface area contributed by atoms with Crippen LogP contribution in [0, 0.1) is 0 Å². The van der Waals surface area contributed by atoms with Crippen LogP contribution in [0.25, 0.3) is 21.5 Å². The van der Waals surface area contributed by atoms with Crippen LogP contribution in [0.2, 0.25) is 0 Å². The number of carbonyl (C=O) groups excluding carboxylic acids is 2. The highest BCUT2D eigenvalue weighted by atomic mass is 16.3. The summed E-state index contributed by atoms with van der Waals surface area (Å²) in [5.74, 6) is -1.74. The minimum atomic E-state index is -1.93. The van der Waals surface area contributed by atoms with Gasteiger partial charge in [0, 0.05) is 22.1 Å². The molecule has 0 bridgehead atoms. The van der Waals surface area contributed by atoms with Crippen LogP contribution in [0.5, 0.6) is 0 Å². The first-order valence-corrected chi connectivity index (χ1v) is 9.48. The molecule has 0 aromatic heterocycles. The number of rotatable bonds is 5. The fraction of sp³-hybridized carbons (Fsp3) is 0.0833. The number of fused-ring (bicyclic) bond motifs is 2. The molecule has 4 rings (SSSR count). The molecule has 0 aliphatic rings. The van der Waals surface area contributed by atoms with Crippen LogP contribution in [0.4, 0.5) is 11.4 Å². The first-order chi connectivity index (χ1) is 14.5. The maximum Gasteiger partial charge on any atom is 0.256 e. The second-order valence-corrected chi connectivity index (χ2v) is 6.92. The van der Waals surface area contributed by atoms with Gasteiger partial charge in [-0.25, -0.2) is 0 Å². The molecule has 4 aromatic rings. The summed E-state index contributed by atoms with van der Waals surface area (Å²) in [6.45, 7) is 0. The van der Waals surface area contributed by atoms with E-state index in [1.165, 1.54) is 0 Å². The number of nitrogens with one attached hydrogen (secondary N) is 2. The molecule has 6 nitrogen and oxygen atoms in total. The minimum absolute atomic E-state index is 0.485. The average Bonchev–Trinajstić information content (AvgIpc) is 2.78. The van der Waals surface area contributed by atoms with Gasteiger partial charge in [0.05, 0.1) is 0 Å². The zero-order chi connectivity index (χ0) is 21.1. The van der Waals surface area contributed by atoms with Crippen molar-refractivity contribution >= 4 is 44.7 Å². The Hall–Kier alpha value is -3.74. The maximum atomic E-state index is 12.5. The average molecular weight is 400 g/mol. The van der Waals surface area contributed by atoms with Crippen molar-refractivity contribution in [1.29, 1.82) is 0 Å². The summed E-state index contributed by atoms with van der Waals surface area (Å²) in [5, 5.41) is 29.1. The summed E-state index contributed by atoms with van der Waals surface area (Å²) >= 11 is 0. The highest BCUT2D eigenvalue weighted by molar-refractivity contribution is 6.08. The Morgan fingerprint density at radius 1 is 0.567 bits per heavy atom. The molecule has 6 heteroatoms. The summed E-state index contributed by atoms with van der Waals surface area (Å²) in [4.78, 5) is 24.9. The lowest BCUT2D eigenvalue weighted by Gasteiger charge is -2.18. The summed E-state index contributed by atoms with van der Waals surface area (Å²) in [6, 6.07) is 25.6. The summed E-state index contributed by atoms with van der Waals surface area (Å²) in [5.41, 5.74) is 0.970. The molecule has 150 valence electrons. The maximum absolute atomic E-state index is 12.5. The van der Waals surface area contributed by atoms with Crippen molar-refractivity contribution in [2.24, 2.45) is 0 Å². The Bertz CT molecular complexity index is 1130. The van der Waals surface area contributed by atoms with Gasteiger partial charge in [-0.3, -0.25) is 9.59 Å². The Labute approximate surface area is 172 Å². The molecule has 0 aliphatic carbocycles. The second-order valence-electron chi connectivity index (χ2n) is 6.92. The first-order valence-electron chi connectivity index (χ1n) is 9.48. The van der Waals surface area contributed by atoms with Gasteiger partial charge in [0.1, 0.15) is 0 Å². The lowest BCUT2D eigenvalue weighted by Crippen LogP contribution is -2.45. The van der Waals surface area contributed by atoms with E-state index in [2.05, 4.69) is 10.6 Å². The van der Waals surface area contributed by atoms with Crippen LogP contribution < -0.4 is 10.6 Å². The van der Waals surface area contributed by atoms with Crippen molar-refractivity contribution < 1.29 is 19.8 Å². The number of benzene rings is 4. The van der Waals surface area contributed by atoms with Crippen LogP contribution in [0.1, 0.15) is 0 Å². The normalized spacial score (nSPS) is 13.0. The highest BCUT2D eigenvalue weighted by Crippen LogP contribution is 2.24. The molecule has 0 aliphatic heterocycles. The van der Waals surface area contributed by atoms with Crippen molar-refractivity contribution in [1.82, 2.24) is 0 Å². The molecule has 0 unspecified atom stereocenters. The molecule has 0 fully saturated rings. The first kappa shape index (κ1) is 19.6. The predicted molar refractivity (Wildman–Crippen MR) is 117 cm³/mol. The number of aliphatic hydroxyl groups is 2. The van der Waals surface area contributed by atoms with Crippen LogP contribution in [0.15, 0.2) is 84.9 Å². The van der Waals surface area contributed by atoms with Gasteiger partial charge >= 0.3 is 0 Å². The van der Waals surface area contributed by atoms with Crippen molar-refractivity contribution in [2.75, 3.05) is 10.6 Å². The number of aliphatic hydroxyl groups excluding tert-OH is 2. The quantitative estimate of drug-likeness (QED) is 0.413. The van der Waals surface area contributed by atoms with Gasteiger partial charge in [0.15, 0.2) is 12.2 Å². The summed E-state index contributed by atoms with van der Waals surface area (Å²) in [6.07, 6.45) is -3.86. The number of amides is 2. The second kappa shape index (κ2) is 8.32. The fourth-order valence-electron chi connectivity index (χ4n) is 3.37. The third-order valence-corrected chi connectivity index (χ3v) is 4.93. The van der Waals surface area contributed by atoms with E-state index in [0.717, 1.165) is 21.5 Å². The van der Waals surface area contributed by atoms with Crippen LogP contribution in [0.3, 0.4) is 0 Å². The number of hydrogen-bond donors (Lipinski definition) is 4. The summed E-state index contributed by atoms with van der Waals surface area (Å²) in [7, 11) is 0. The van der Waals surface area contributed by atoms with Crippen LogP contribution in [-0.2, 0) is 9.59 Å². The van der Waals surface area contributed by atoms with Crippen molar-refractivity contribution in [3.05, 3.63) is 84.9 Å². The monoisotopic (exact) mass is 400 g/mol. The van der Waals surface area contributed by atoms with E-state index >= 15 is 0 Å². The Morgan fingerprint density at radius 2 is 0.933 bits per heavy atom. The van der Waals surface area contributed by atoms with E-state index in [1.807, 2.05) is 60.7 Å². The molecule has 4 aromatic carbocycles. The molecule has 0 radical (unpaired) electrons. The molecular formula is C24H20N2O4. The Balaban J connectivity index is 1.49. The van der Waals surface area contributed by atoms with Gasteiger partial charge in [-0.05, 0) is 22.9 Å².